The number of pyridine rings is 1. The minimum absolute atomic E-state index is 0.342. The first kappa shape index (κ1) is 15.4. The molecular weight excluding hydrogens is 290 g/mol. The molecule has 1 aromatic heterocycles. The molecule has 2 rings (SSSR count). The van der Waals surface area contributed by atoms with E-state index < -0.39 is 0 Å². The number of hydrogen-bond donors (Lipinski definition) is 0. The van der Waals surface area contributed by atoms with Crippen molar-refractivity contribution in [3.8, 4) is 17.2 Å². The quantitative estimate of drug-likeness (QED) is 0.763. The lowest BCUT2D eigenvalue weighted by Crippen LogP contribution is -2.03. The maximum Gasteiger partial charge on any atom is 0.203 e. The fourth-order valence-corrected chi connectivity index (χ4v) is 2.13. The molecule has 0 saturated carbocycles. The van der Waals surface area contributed by atoms with Gasteiger partial charge in [0.2, 0.25) is 5.75 Å². The summed E-state index contributed by atoms with van der Waals surface area (Å²) < 4.78 is 16.6. The van der Waals surface area contributed by atoms with Gasteiger partial charge in [-0.3, -0.25) is 4.98 Å². The molecule has 4 nitrogen and oxygen atoms in total. The van der Waals surface area contributed by atoms with Gasteiger partial charge in [-0.15, -0.1) is 11.6 Å². The van der Waals surface area contributed by atoms with Crippen LogP contribution in [0.15, 0.2) is 30.3 Å². The van der Waals surface area contributed by atoms with Crippen LogP contribution in [0, 0.1) is 6.92 Å². The van der Waals surface area contributed by atoms with Crippen LogP contribution in [0.25, 0.3) is 0 Å². The first-order valence-corrected chi connectivity index (χ1v) is 7.07. The van der Waals surface area contributed by atoms with E-state index in [2.05, 4.69) is 4.98 Å². The van der Waals surface area contributed by atoms with Gasteiger partial charge in [0.25, 0.3) is 0 Å². The van der Waals surface area contributed by atoms with Gasteiger partial charge in [-0.25, -0.2) is 0 Å². The molecule has 1 heterocycles. The summed E-state index contributed by atoms with van der Waals surface area (Å²) in [5.74, 6) is 2.12. The molecule has 1 aromatic carbocycles. The van der Waals surface area contributed by atoms with Crippen LogP contribution in [0.3, 0.4) is 0 Å². The Morgan fingerprint density at radius 1 is 1.10 bits per heavy atom. The molecule has 0 aliphatic heterocycles. The van der Waals surface area contributed by atoms with Crippen LogP contribution in [-0.2, 0) is 12.5 Å². The summed E-state index contributed by atoms with van der Waals surface area (Å²) in [5.41, 5.74) is 2.71. The Bertz CT molecular complexity index is 591. The highest BCUT2D eigenvalue weighted by Gasteiger charge is 2.14. The normalized spacial score (nSPS) is 10.3. The van der Waals surface area contributed by atoms with E-state index >= 15 is 0 Å². The van der Waals surface area contributed by atoms with Crippen LogP contribution in [0.5, 0.6) is 17.2 Å². The molecule has 0 unspecified atom stereocenters. The van der Waals surface area contributed by atoms with Crippen LogP contribution < -0.4 is 14.2 Å². The molecule has 2 aromatic rings. The number of aromatic nitrogens is 1. The molecule has 0 N–H and O–H groups in total. The zero-order chi connectivity index (χ0) is 15.2. The van der Waals surface area contributed by atoms with Gasteiger partial charge >= 0.3 is 0 Å². The van der Waals surface area contributed by atoms with Crippen molar-refractivity contribution in [1.82, 2.24) is 4.98 Å². The smallest absolute Gasteiger partial charge is 0.203 e. The van der Waals surface area contributed by atoms with Crippen molar-refractivity contribution in [1.29, 1.82) is 0 Å². The van der Waals surface area contributed by atoms with Crippen molar-refractivity contribution in [2.75, 3.05) is 14.2 Å². The SMILES string of the molecule is COc1cc(CCl)cc(OC)c1OCc1cccc(C)n1. The number of ether oxygens (including phenoxy) is 3. The fraction of sp³-hybridized carbons (Fsp3) is 0.312. The maximum atomic E-state index is 5.87. The Labute approximate surface area is 129 Å². The first-order valence-electron chi connectivity index (χ1n) is 6.54. The lowest BCUT2D eigenvalue weighted by atomic mass is 10.2. The second kappa shape index (κ2) is 7.18. The molecule has 0 bridgehead atoms. The predicted octanol–water partition coefficient (Wildman–Crippen LogP) is 3.73. The lowest BCUT2D eigenvalue weighted by Gasteiger charge is -2.15. The molecule has 21 heavy (non-hydrogen) atoms. The Morgan fingerprint density at radius 2 is 1.76 bits per heavy atom. The molecule has 5 heteroatoms. The van der Waals surface area contributed by atoms with Crippen LogP contribution >= 0.6 is 11.6 Å². The Balaban J connectivity index is 2.26. The van der Waals surface area contributed by atoms with Crippen molar-refractivity contribution in [2.24, 2.45) is 0 Å². The second-order valence-corrected chi connectivity index (χ2v) is 4.79. The second-order valence-electron chi connectivity index (χ2n) is 4.52. The Hall–Kier alpha value is -1.94. The van der Waals surface area contributed by atoms with Gasteiger partial charge in [-0.05, 0) is 36.8 Å². The average molecular weight is 308 g/mol. The van der Waals surface area contributed by atoms with Gasteiger partial charge in [0.15, 0.2) is 11.5 Å². The third kappa shape index (κ3) is 3.79. The molecule has 0 radical (unpaired) electrons. The van der Waals surface area contributed by atoms with Gasteiger partial charge in [0.05, 0.1) is 19.9 Å². The van der Waals surface area contributed by atoms with Crippen molar-refractivity contribution >= 4 is 11.6 Å². The predicted molar refractivity (Wildman–Crippen MR) is 82.4 cm³/mol. The molecule has 112 valence electrons. The van der Waals surface area contributed by atoms with Crippen LogP contribution in [0.4, 0.5) is 0 Å². The Kier molecular flexibility index (Phi) is 5.28. The summed E-state index contributed by atoms with van der Waals surface area (Å²) in [4.78, 5) is 4.41. The summed E-state index contributed by atoms with van der Waals surface area (Å²) in [6.45, 7) is 2.29. The number of benzene rings is 1. The van der Waals surface area contributed by atoms with Crippen LogP contribution in [0.2, 0.25) is 0 Å². The van der Waals surface area contributed by atoms with Gasteiger partial charge < -0.3 is 14.2 Å². The largest absolute Gasteiger partial charge is 0.493 e. The molecule has 0 amide bonds. The van der Waals surface area contributed by atoms with Crippen molar-refractivity contribution in [3.63, 3.8) is 0 Å². The van der Waals surface area contributed by atoms with Gasteiger partial charge in [0, 0.05) is 11.6 Å². The fourth-order valence-electron chi connectivity index (χ4n) is 1.98. The average Bonchev–Trinajstić information content (AvgIpc) is 2.52. The van der Waals surface area contributed by atoms with E-state index in [1.165, 1.54) is 0 Å². The monoisotopic (exact) mass is 307 g/mol. The molecule has 0 aliphatic carbocycles. The zero-order valence-electron chi connectivity index (χ0n) is 12.4. The third-order valence-corrected chi connectivity index (χ3v) is 3.29. The van der Waals surface area contributed by atoms with Gasteiger partial charge in [-0.1, -0.05) is 6.07 Å². The highest BCUT2D eigenvalue weighted by molar-refractivity contribution is 6.17. The number of rotatable bonds is 6. The van der Waals surface area contributed by atoms with E-state index in [9.17, 15) is 0 Å². The van der Waals surface area contributed by atoms with E-state index in [1.54, 1.807) is 14.2 Å². The standard InChI is InChI=1S/C16H18ClNO3/c1-11-5-4-6-13(18-11)10-21-16-14(19-2)7-12(9-17)8-15(16)20-3/h4-8H,9-10H2,1-3H3. The summed E-state index contributed by atoms with van der Waals surface area (Å²) in [7, 11) is 3.18. The number of methoxy groups -OCH3 is 2. The zero-order valence-corrected chi connectivity index (χ0v) is 13.1. The lowest BCUT2D eigenvalue weighted by molar-refractivity contribution is 0.262. The van der Waals surface area contributed by atoms with Crippen molar-refractivity contribution in [2.45, 2.75) is 19.4 Å². The summed E-state index contributed by atoms with van der Waals surface area (Å²) in [5, 5.41) is 0. The molecule has 0 aliphatic rings. The summed E-state index contributed by atoms with van der Waals surface area (Å²) in [6, 6.07) is 9.49. The van der Waals surface area contributed by atoms with Crippen molar-refractivity contribution in [3.05, 3.63) is 47.3 Å². The number of nitrogens with zero attached hydrogens (tertiary/aromatic N) is 1. The van der Waals surface area contributed by atoms with Crippen molar-refractivity contribution < 1.29 is 14.2 Å². The minimum Gasteiger partial charge on any atom is -0.493 e. The number of alkyl halides is 1. The van der Waals surface area contributed by atoms with Gasteiger partial charge in [0.1, 0.15) is 6.61 Å². The van der Waals surface area contributed by atoms with E-state index in [1.807, 2.05) is 37.3 Å². The molecule has 0 atom stereocenters. The minimum atomic E-state index is 0.342. The van der Waals surface area contributed by atoms with Gasteiger partial charge in [-0.2, -0.15) is 0 Å². The molecule has 0 saturated heterocycles. The number of halogens is 1. The molecule has 0 fully saturated rings. The number of aryl methyl sites for hydroxylation is 1. The third-order valence-electron chi connectivity index (χ3n) is 2.99. The van der Waals surface area contributed by atoms with Crippen LogP contribution in [0.1, 0.15) is 17.0 Å². The van der Waals surface area contributed by atoms with E-state index in [-0.39, 0.29) is 0 Å². The summed E-state index contributed by atoms with van der Waals surface area (Å²) >= 11 is 5.87. The van der Waals surface area contributed by atoms with E-state index in [0.717, 1.165) is 17.0 Å². The Morgan fingerprint density at radius 3 is 2.29 bits per heavy atom. The maximum absolute atomic E-state index is 5.87. The van der Waals surface area contributed by atoms with E-state index in [4.69, 9.17) is 25.8 Å². The summed E-state index contributed by atoms with van der Waals surface area (Å²) in [6.07, 6.45) is 0. The molecular formula is C16H18ClNO3. The van der Waals surface area contributed by atoms with Crippen LogP contribution in [-0.4, -0.2) is 19.2 Å². The molecule has 0 spiro atoms. The topological polar surface area (TPSA) is 40.6 Å². The highest BCUT2D eigenvalue weighted by Crippen LogP contribution is 2.39. The van der Waals surface area contributed by atoms with E-state index in [0.29, 0.717) is 29.7 Å². The highest BCUT2D eigenvalue weighted by atomic mass is 35.5. The first-order chi connectivity index (χ1) is 10.2. The number of hydrogen-bond acceptors (Lipinski definition) is 4.